The first-order valence-electron chi connectivity index (χ1n) is 11.6. The lowest BCUT2D eigenvalue weighted by atomic mass is 9.84. The number of rotatable bonds is 6. The van der Waals surface area contributed by atoms with Gasteiger partial charge in [-0.15, -0.1) is 0 Å². The fraction of sp³-hybridized carbons (Fsp3) is 0.233. The van der Waals surface area contributed by atoms with Crippen molar-refractivity contribution < 1.29 is 9.53 Å². The van der Waals surface area contributed by atoms with Crippen molar-refractivity contribution in [3.8, 4) is 0 Å². The number of benzene rings is 3. The van der Waals surface area contributed by atoms with Gasteiger partial charge in [-0.05, 0) is 30.5 Å². The molecule has 33 heavy (non-hydrogen) atoms. The Bertz CT molecular complexity index is 1090. The summed E-state index contributed by atoms with van der Waals surface area (Å²) in [5.41, 5.74) is 4.21. The lowest BCUT2D eigenvalue weighted by Gasteiger charge is -2.36. The Labute approximate surface area is 197 Å². The number of ether oxygens (including phenoxy) is 1. The van der Waals surface area contributed by atoms with E-state index in [1.54, 1.807) is 0 Å². The van der Waals surface area contributed by atoms with E-state index in [4.69, 9.17) is 4.74 Å². The predicted octanol–water partition coefficient (Wildman–Crippen LogP) is 6.46. The van der Waals surface area contributed by atoms with Crippen LogP contribution >= 0.6 is 0 Å². The molecule has 4 rings (SSSR count). The van der Waals surface area contributed by atoms with Gasteiger partial charge in [0.15, 0.2) is 0 Å². The van der Waals surface area contributed by atoms with Crippen molar-refractivity contribution in [1.82, 2.24) is 4.90 Å². The molecule has 3 aromatic rings. The SMILES string of the molecule is CCOC(=O)/C1=C/N(Cc2ccccc2)[C@@H](C)[C@H](c2ccccc2)/C=C\[C@@H]1c1ccccc1. The molecule has 0 saturated carbocycles. The summed E-state index contributed by atoms with van der Waals surface area (Å²) in [6.45, 7) is 5.14. The van der Waals surface area contributed by atoms with Crippen molar-refractivity contribution in [3.63, 3.8) is 0 Å². The summed E-state index contributed by atoms with van der Waals surface area (Å²) in [6.07, 6.45) is 6.47. The van der Waals surface area contributed by atoms with E-state index in [9.17, 15) is 4.79 Å². The van der Waals surface area contributed by atoms with Crippen LogP contribution in [0, 0.1) is 0 Å². The molecule has 0 aromatic heterocycles. The van der Waals surface area contributed by atoms with E-state index in [0.29, 0.717) is 18.7 Å². The van der Waals surface area contributed by atoms with Gasteiger partial charge in [-0.1, -0.05) is 103 Å². The van der Waals surface area contributed by atoms with E-state index < -0.39 is 0 Å². The highest BCUT2D eigenvalue weighted by molar-refractivity contribution is 5.90. The lowest BCUT2D eigenvalue weighted by molar-refractivity contribution is -0.138. The Kier molecular flexibility index (Phi) is 7.41. The molecule has 0 aliphatic carbocycles. The zero-order chi connectivity index (χ0) is 23.0. The molecule has 3 nitrogen and oxygen atoms in total. The lowest BCUT2D eigenvalue weighted by Crippen LogP contribution is -2.35. The van der Waals surface area contributed by atoms with Crippen molar-refractivity contribution >= 4 is 5.97 Å². The summed E-state index contributed by atoms with van der Waals surface area (Å²) in [4.78, 5) is 15.4. The van der Waals surface area contributed by atoms with E-state index in [1.165, 1.54) is 11.1 Å². The van der Waals surface area contributed by atoms with Crippen LogP contribution in [0.15, 0.2) is 115 Å². The summed E-state index contributed by atoms with van der Waals surface area (Å²) in [5, 5.41) is 0. The third-order valence-corrected chi connectivity index (χ3v) is 6.26. The van der Waals surface area contributed by atoms with Gasteiger partial charge in [-0.25, -0.2) is 4.79 Å². The van der Waals surface area contributed by atoms with Crippen LogP contribution in [0.2, 0.25) is 0 Å². The molecule has 0 N–H and O–H groups in total. The summed E-state index contributed by atoms with van der Waals surface area (Å²) < 4.78 is 5.51. The van der Waals surface area contributed by atoms with Crippen LogP contribution in [0.4, 0.5) is 0 Å². The van der Waals surface area contributed by atoms with Crippen molar-refractivity contribution in [2.75, 3.05) is 6.61 Å². The van der Waals surface area contributed by atoms with E-state index in [-0.39, 0.29) is 23.8 Å². The zero-order valence-corrected chi connectivity index (χ0v) is 19.3. The largest absolute Gasteiger partial charge is 0.463 e. The highest BCUT2D eigenvalue weighted by atomic mass is 16.5. The van der Waals surface area contributed by atoms with E-state index in [2.05, 4.69) is 84.6 Å². The number of esters is 1. The molecule has 0 radical (unpaired) electrons. The van der Waals surface area contributed by atoms with Gasteiger partial charge in [0.1, 0.15) is 0 Å². The van der Waals surface area contributed by atoms with Crippen molar-refractivity contribution in [1.29, 1.82) is 0 Å². The van der Waals surface area contributed by atoms with Crippen LogP contribution < -0.4 is 0 Å². The van der Waals surface area contributed by atoms with Crippen molar-refractivity contribution in [3.05, 3.63) is 132 Å². The second-order valence-electron chi connectivity index (χ2n) is 8.41. The fourth-order valence-corrected chi connectivity index (χ4v) is 4.47. The maximum atomic E-state index is 13.2. The van der Waals surface area contributed by atoms with Gasteiger partial charge in [0.25, 0.3) is 0 Å². The van der Waals surface area contributed by atoms with Gasteiger partial charge in [-0.3, -0.25) is 0 Å². The smallest absolute Gasteiger partial charge is 0.336 e. The van der Waals surface area contributed by atoms with Gasteiger partial charge in [-0.2, -0.15) is 0 Å². The molecule has 0 spiro atoms. The molecule has 0 amide bonds. The Balaban J connectivity index is 1.83. The first-order valence-corrected chi connectivity index (χ1v) is 11.6. The summed E-state index contributed by atoms with van der Waals surface area (Å²) >= 11 is 0. The monoisotopic (exact) mass is 437 g/mol. The average Bonchev–Trinajstić information content (AvgIpc) is 2.85. The summed E-state index contributed by atoms with van der Waals surface area (Å²) in [7, 11) is 0. The van der Waals surface area contributed by atoms with E-state index in [1.807, 2.05) is 43.5 Å². The second-order valence-corrected chi connectivity index (χ2v) is 8.41. The van der Waals surface area contributed by atoms with E-state index >= 15 is 0 Å². The van der Waals surface area contributed by atoms with Crippen molar-refractivity contribution in [2.45, 2.75) is 38.3 Å². The Morgan fingerprint density at radius 2 is 1.39 bits per heavy atom. The number of carbonyl (C=O) groups is 1. The first-order chi connectivity index (χ1) is 16.2. The van der Waals surface area contributed by atoms with Gasteiger partial charge in [0, 0.05) is 30.6 Å². The first kappa shape index (κ1) is 22.6. The van der Waals surface area contributed by atoms with Crippen LogP contribution in [0.1, 0.15) is 42.4 Å². The highest BCUT2D eigenvalue weighted by Crippen LogP contribution is 2.35. The maximum Gasteiger partial charge on any atom is 0.336 e. The molecule has 168 valence electrons. The molecule has 1 aliphatic heterocycles. The van der Waals surface area contributed by atoms with E-state index in [0.717, 1.165) is 5.56 Å². The molecule has 0 saturated heterocycles. The van der Waals surface area contributed by atoms with Crippen molar-refractivity contribution in [2.24, 2.45) is 0 Å². The van der Waals surface area contributed by atoms with Gasteiger partial charge in [0.2, 0.25) is 0 Å². The standard InChI is InChI=1S/C30H31NO2/c1-3-33-30(32)29-22-31(21-24-13-7-4-8-14-24)23(2)27(25-15-9-5-10-16-25)19-20-28(29)26-17-11-6-12-18-26/h4-20,22-23,27-28H,3,21H2,1-2H3/b20-19-,29-22+/t23-,27+,28+/m0/s1. The maximum absolute atomic E-state index is 13.2. The van der Waals surface area contributed by atoms with Gasteiger partial charge >= 0.3 is 5.97 Å². The molecule has 0 bridgehead atoms. The topological polar surface area (TPSA) is 29.5 Å². The number of carbonyl (C=O) groups excluding carboxylic acids is 1. The normalized spacial score (nSPS) is 23.0. The minimum atomic E-state index is -0.264. The average molecular weight is 438 g/mol. The molecular weight excluding hydrogens is 406 g/mol. The summed E-state index contributed by atoms with van der Waals surface area (Å²) in [5.74, 6) is -0.261. The molecule has 3 heteroatoms. The van der Waals surface area contributed by atoms with Crippen LogP contribution in [-0.2, 0) is 16.1 Å². The molecule has 0 unspecified atom stereocenters. The number of hydrogen-bond acceptors (Lipinski definition) is 3. The number of hydrogen-bond donors (Lipinski definition) is 0. The predicted molar refractivity (Wildman–Crippen MR) is 134 cm³/mol. The van der Waals surface area contributed by atoms with Gasteiger partial charge in [0.05, 0.1) is 12.2 Å². The Hall–Kier alpha value is -3.59. The minimum Gasteiger partial charge on any atom is -0.463 e. The molecule has 0 fully saturated rings. The van der Waals surface area contributed by atoms with Crippen LogP contribution in [0.25, 0.3) is 0 Å². The Morgan fingerprint density at radius 1 is 0.818 bits per heavy atom. The number of nitrogens with zero attached hydrogens (tertiary/aromatic N) is 1. The second kappa shape index (κ2) is 10.8. The molecular formula is C30H31NO2. The Morgan fingerprint density at radius 3 is 2.00 bits per heavy atom. The van der Waals surface area contributed by atoms with Gasteiger partial charge < -0.3 is 9.64 Å². The number of allylic oxidation sites excluding steroid dienone is 1. The third kappa shape index (κ3) is 5.43. The molecule has 1 heterocycles. The quantitative estimate of drug-likeness (QED) is 0.327. The highest BCUT2D eigenvalue weighted by Gasteiger charge is 2.29. The fourth-order valence-electron chi connectivity index (χ4n) is 4.47. The zero-order valence-electron chi connectivity index (χ0n) is 19.3. The molecule has 3 atom stereocenters. The third-order valence-electron chi connectivity index (χ3n) is 6.26. The van der Waals surface area contributed by atoms with Crippen LogP contribution in [0.5, 0.6) is 0 Å². The minimum absolute atomic E-state index is 0.144. The van der Waals surface area contributed by atoms with Crippen LogP contribution in [-0.4, -0.2) is 23.5 Å². The molecule has 3 aromatic carbocycles. The summed E-state index contributed by atoms with van der Waals surface area (Å²) in [6, 6.07) is 31.3. The molecule has 1 aliphatic rings. The van der Waals surface area contributed by atoms with Crippen LogP contribution in [0.3, 0.4) is 0 Å².